The first-order valence-corrected chi connectivity index (χ1v) is 8.92. The minimum absolute atomic E-state index is 0.0546. The van der Waals surface area contributed by atoms with Crippen molar-refractivity contribution < 1.29 is 13.7 Å². The van der Waals surface area contributed by atoms with E-state index < -0.39 is 0 Å². The average molecular weight is 357 g/mol. The van der Waals surface area contributed by atoms with Crippen molar-refractivity contribution >= 4 is 17.2 Å². The highest BCUT2D eigenvalue weighted by Crippen LogP contribution is 2.28. The maximum absolute atomic E-state index is 13.0. The van der Waals surface area contributed by atoms with Crippen LogP contribution in [0.5, 0.6) is 0 Å². The maximum atomic E-state index is 13.0. The lowest BCUT2D eigenvalue weighted by molar-refractivity contribution is -0.128. The average Bonchev–Trinajstić information content (AvgIpc) is 3.33. The third kappa shape index (κ3) is 3.61. The molecule has 1 fully saturated rings. The second-order valence-electron chi connectivity index (χ2n) is 6.10. The number of nitrogens with zero attached hydrogens (tertiary/aromatic N) is 3. The molecular weight excluding hydrogens is 341 g/mol. The Morgan fingerprint density at radius 1 is 1.28 bits per heavy atom. The molecule has 0 bridgehead atoms. The van der Waals surface area contributed by atoms with Crippen molar-refractivity contribution in [3.63, 3.8) is 0 Å². The number of halogens is 1. The lowest BCUT2D eigenvalue weighted by atomic mass is 10.1. The summed E-state index contributed by atoms with van der Waals surface area (Å²) >= 11 is 1.65. The van der Waals surface area contributed by atoms with Gasteiger partial charge in [-0.3, -0.25) is 4.79 Å². The molecule has 7 heteroatoms. The summed E-state index contributed by atoms with van der Waals surface area (Å²) in [5.74, 6) is 0.871. The Bertz CT molecular complexity index is 861. The molecule has 0 aliphatic carbocycles. The van der Waals surface area contributed by atoms with Crippen molar-refractivity contribution in [1.82, 2.24) is 15.0 Å². The van der Waals surface area contributed by atoms with Crippen molar-refractivity contribution in [1.29, 1.82) is 0 Å². The van der Waals surface area contributed by atoms with Crippen molar-refractivity contribution in [2.24, 2.45) is 0 Å². The fourth-order valence-corrected chi connectivity index (χ4v) is 3.67. The van der Waals surface area contributed by atoms with Gasteiger partial charge in [0, 0.05) is 30.3 Å². The van der Waals surface area contributed by atoms with Crippen LogP contribution in [0, 0.1) is 5.82 Å². The SMILES string of the molecule is O=C1CC(c2noc(Cc3cccs3)n2)CN1Cc1ccc(F)cc1. The molecule has 0 N–H and O–H groups in total. The summed E-state index contributed by atoms with van der Waals surface area (Å²) in [5.41, 5.74) is 0.905. The van der Waals surface area contributed by atoms with Gasteiger partial charge in [0.05, 0.1) is 6.42 Å². The molecule has 2 aromatic heterocycles. The smallest absolute Gasteiger partial charge is 0.231 e. The number of carbonyl (C=O) groups excluding carboxylic acids is 1. The van der Waals surface area contributed by atoms with Crippen molar-refractivity contribution in [3.8, 4) is 0 Å². The van der Waals surface area contributed by atoms with Gasteiger partial charge in [-0.25, -0.2) is 4.39 Å². The molecule has 0 saturated carbocycles. The Kier molecular flexibility index (Phi) is 4.31. The van der Waals surface area contributed by atoms with Crippen molar-refractivity contribution in [3.05, 3.63) is 69.8 Å². The summed E-state index contributed by atoms with van der Waals surface area (Å²) in [6.45, 7) is 1.02. The monoisotopic (exact) mass is 357 g/mol. The number of likely N-dealkylation sites (tertiary alicyclic amines) is 1. The number of thiophene rings is 1. The molecule has 3 aromatic rings. The van der Waals surface area contributed by atoms with E-state index in [1.54, 1.807) is 28.4 Å². The Hall–Kier alpha value is -2.54. The molecule has 1 saturated heterocycles. The molecule has 3 heterocycles. The summed E-state index contributed by atoms with van der Waals surface area (Å²) in [4.78, 5) is 19.6. The Morgan fingerprint density at radius 2 is 2.12 bits per heavy atom. The van der Waals surface area contributed by atoms with Crippen LogP contribution in [0.1, 0.15) is 34.5 Å². The summed E-state index contributed by atoms with van der Waals surface area (Å²) in [5, 5.41) is 6.07. The molecule has 128 valence electrons. The van der Waals surface area contributed by atoms with Crippen LogP contribution in [-0.2, 0) is 17.8 Å². The lowest BCUT2D eigenvalue weighted by Gasteiger charge is -2.16. The number of benzene rings is 1. The van der Waals surface area contributed by atoms with E-state index >= 15 is 0 Å². The second kappa shape index (κ2) is 6.76. The molecule has 1 aliphatic heterocycles. The summed E-state index contributed by atoms with van der Waals surface area (Å²) in [7, 11) is 0. The van der Waals surface area contributed by atoms with Crippen LogP contribution < -0.4 is 0 Å². The van der Waals surface area contributed by atoms with Gasteiger partial charge in [-0.05, 0) is 29.1 Å². The first kappa shape index (κ1) is 16.0. The third-order valence-corrected chi connectivity index (χ3v) is 5.13. The zero-order valence-corrected chi connectivity index (χ0v) is 14.2. The fraction of sp³-hybridized carbons (Fsp3) is 0.278. The lowest BCUT2D eigenvalue weighted by Crippen LogP contribution is -2.24. The minimum atomic E-state index is -0.278. The molecule has 25 heavy (non-hydrogen) atoms. The highest BCUT2D eigenvalue weighted by atomic mass is 32.1. The topological polar surface area (TPSA) is 59.2 Å². The van der Waals surface area contributed by atoms with Gasteiger partial charge in [0.1, 0.15) is 5.82 Å². The van der Waals surface area contributed by atoms with Crippen LogP contribution in [0.25, 0.3) is 0 Å². The first-order chi connectivity index (χ1) is 12.2. The van der Waals surface area contributed by atoms with E-state index in [2.05, 4.69) is 10.1 Å². The van der Waals surface area contributed by atoms with Gasteiger partial charge in [0.15, 0.2) is 5.82 Å². The number of amides is 1. The van der Waals surface area contributed by atoms with Crippen molar-refractivity contribution in [2.75, 3.05) is 6.54 Å². The van der Waals surface area contributed by atoms with Crippen LogP contribution in [0.4, 0.5) is 4.39 Å². The summed E-state index contributed by atoms with van der Waals surface area (Å²) in [6, 6.07) is 10.2. The van der Waals surface area contributed by atoms with Crippen molar-refractivity contribution in [2.45, 2.75) is 25.3 Å². The van der Waals surface area contributed by atoms with Gasteiger partial charge < -0.3 is 9.42 Å². The molecular formula is C18H16FN3O2S. The van der Waals surface area contributed by atoms with Gasteiger partial charge in [-0.1, -0.05) is 23.4 Å². The van der Waals surface area contributed by atoms with Gasteiger partial charge in [-0.15, -0.1) is 11.3 Å². The Balaban J connectivity index is 1.41. The molecule has 1 atom stereocenters. The molecule has 5 nitrogen and oxygen atoms in total. The summed E-state index contributed by atoms with van der Waals surface area (Å²) < 4.78 is 18.3. The standard InChI is InChI=1S/C18H16FN3O2S/c19-14-5-3-12(4-6-14)10-22-11-13(8-17(22)23)18-20-16(24-21-18)9-15-2-1-7-25-15/h1-7,13H,8-11H2. The van der Waals surface area contributed by atoms with E-state index in [1.807, 2.05) is 17.5 Å². The van der Waals surface area contributed by atoms with E-state index in [0.29, 0.717) is 37.6 Å². The quantitative estimate of drug-likeness (QED) is 0.702. The molecule has 1 aromatic carbocycles. The molecule has 1 unspecified atom stereocenters. The second-order valence-corrected chi connectivity index (χ2v) is 7.14. The molecule has 1 amide bonds. The Morgan fingerprint density at radius 3 is 2.88 bits per heavy atom. The highest BCUT2D eigenvalue weighted by molar-refractivity contribution is 7.09. The molecule has 4 rings (SSSR count). The zero-order valence-electron chi connectivity index (χ0n) is 13.4. The van der Waals surface area contributed by atoms with E-state index in [1.165, 1.54) is 12.1 Å². The fourth-order valence-electron chi connectivity index (χ4n) is 2.98. The predicted molar refractivity (Wildman–Crippen MR) is 90.6 cm³/mol. The number of hydrogen-bond acceptors (Lipinski definition) is 5. The van der Waals surface area contributed by atoms with E-state index in [-0.39, 0.29) is 17.6 Å². The van der Waals surface area contributed by atoms with Gasteiger partial charge >= 0.3 is 0 Å². The van der Waals surface area contributed by atoms with E-state index in [0.717, 1.165) is 10.4 Å². The normalized spacial score (nSPS) is 17.4. The summed E-state index contributed by atoms with van der Waals surface area (Å²) in [6.07, 6.45) is 0.990. The minimum Gasteiger partial charge on any atom is -0.339 e. The van der Waals surface area contributed by atoms with Gasteiger partial charge in [0.2, 0.25) is 11.8 Å². The van der Waals surface area contributed by atoms with E-state index in [4.69, 9.17) is 4.52 Å². The van der Waals surface area contributed by atoms with Crippen LogP contribution >= 0.6 is 11.3 Å². The number of aromatic nitrogens is 2. The van der Waals surface area contributed by atoms with Gasteiger partial charge in [0.25, 0.3) is 0 Å². The van der Waals surface area contributed by atoms with Crippen LogP contribution in [0.15, 0.2) is 46.3 Å². The maximum Gasteiger partial charge on any atom is 0.231 e. The number of rotatable bonds is 5. The van der Waals surface area contributed by atoms with Gasteiger partial charge in [-0.2, -0.15) is 4.98 Å². The van der Waals surface area contributed by atoms with Crippen LogP contribution in [0.2, 0.25) is 0 Å². The van der Waals surface area contributed by atoms with Crippen LogP contribution in [-0.4, -0.2) is 27.5 Å². The largest absolute Gasteiger partial charge is 0.339 e. The molecule has 0 radical (unpaired) electrons. The highest BCUT2D eigenvalue weighted by Gasteiger charge is 2.33. The number of hydrogen-bond donors (Lipinski definition) is 0. The zero-order chi connectivity index (χ0) is 17.2. The predicted octanol–water partition coefficient (Wildman–Crippen LogP) is 3.38. The molecule has 1 aliphatic rings. The Labute approximate surface area is 148 Å². The van der Waals surface area contributed by atoms with E-state index in [9.17, 15) is 9.18 Å². The van der Waals surface area contributed by atoms with Crippen LogP contribution in [0.3, 0.4) is 0 Å². The third-order valence-electron chi connectivity index (χ3n) is 4.26. The first-order valence-electron chi connectivity index (χ1n) is 8.04. The number of carbonyl (C=O) groups is 1. The molecule has 0 spiro atoms.